The zero-order valence-electron chi connectivity index (χ0n) is 13.3. The van der Waals surface area contributed by atoms with Crippen LogP contribution in [0.25, 0.3) is 0 Å². The number of ether oxygens (including phenoxy) is 1. The summed E-state index contributed by atoms with van der Waals surface area (Å²) in [7, 11) is 1.58. The van der Waals surface area contributed by atoms with Gasteiger partial charge in [0, 0.05) is 18.7 Å². The van der Waals surface area contributed by atoms with E-state index in [0.717, 1.165) is 12.0 Å². The van der Waals surface area contributed by atoms with Gasteiger partial charge in [-0.15, -0.1) is 0 Å². The van der Waals surface area contributed by atoms with E-state index in [1.165, 1.54) is 0 Å². The highest BCUT2D eigenvalue weighted by Crippen LogP contribution is 2.34. The Morgan fingerprint density at radius 1 is 1.32 bits per heavy atom. The monoisotopic (exact) mass is 305 g/mol. The van der Waals surface area contributed by atoms with Crippen molar-refractivity contribution in [3.8, 4) is 5.75 Å². The number of methoxy groups -OCH3 is 1. The zero-order chi connectivity index (χ0) is 16.3. The van der Waals surface area contributed by atoms with Crippen LogP contribution in [0.5, 0.6) is 5.75 Å². The lowest BCUT2D eigenvalue weighted by atomic mass is 9.81. The minimum atomic E-state index is -0.826. The Bertz CT molecular complexity index is 568. The minimum absolute atomic E-state index is 0.0528. The van der Waals surface area contributed by atoms with Gasteiger partial charge in [0.15, 0.2) is 0 Å². The molecule has 2 rings (SSSR count). The van der Waals surface area contributed by atoms with Crippen LogP contribution in [0.15, 0.2) is 24.3 Å². The topological polar surface area (TPSA) is 66.8 Å². The lowest BCUT2D eigenvalue weighted by Gasteiger charge is -2.37. The first-order chi connectivity index (χ1) is 10.4. The minimum Gasteiger partial charge on any atom is -0.496 e. The molecule has 1 aliphatic heterocycles. The summed E-state index contributed by atoms with van der Waals surface area (Å²) in [5.74, 6) is -0.672. The van der Waals surface area contributed by atoms with Crippen molar-refractivity contribution in [1.29, 1.82) is 0 Å². The molecule has 0 unspecified atom stereocenters. The third-order valence-electron chi connectivity index (χ3n) is 4.37. The molecule has 1 fully saturated rings. The van der Waals surface area contributed by atoms with Crippen LogP contribution in [0, 0.1) is 5.92 Å². The second-order valence-electron chi connectivity index (χ2n) is 6.25. The summed E-state index contributed by atoms with van der Waals surface area (Å²) in [5.41, 5.74) is 0.0624. The Balaban J connectivity index is 2.25. The van der Waals surface area contributed by atoms with Crippen molar-refractivity contribution in [3.05, 3.63) is 29.8 Å². The molecule has 22 heavy (non-hydrogen) atoms. The van der Waals surface area contributed by atoms with Crippen molar-refractivity contribution in [2.75, 3.05) is 20.2 Å². The predicted molar refractivity (Wildman–Crippen MR) is 83.0 cm³/mol. The molecular weight excluding hydrogens is 282 g/mol. The number of hydrogen-bond acceptors (Lipinski definition) is 3. The van der Waals surface area contributed by atoms with Gasteiger partial charge in [-0.1, -0.05) is 18.2 Å². The summed E-state index contributed by atoms with van der Waals surface area (Å²) in [6, 6.07) is 7.46. The van der Waals surface area contributed by atoms with Crippen molar-refractivity contribution in [2.45, 2.75) is 32.1 Å². The van der Waals surface area contributed by atoms with Gasteiger partial charge < -0.3 is 14.7 Å². The Morgan fingerprint density at radius 3 is 2.64 bits per heavy atom. The molecule has 0 aromatic heterocycles. The molecule has 0 bridgehead atoms. The van der Waals surface area contributed by atoms with E-state index >= 15 is 0 Å². The number of carbonyl (C=O) groups excluding carboxylic acids is 1. The molecule has 1 aromatic carbocycles. The van der Waals surface area contributed by atoms with Crippen molar-refractivity contribution in [2.24, 2.45) is 5.92 Å². The quantitative estimate of drug-likeness (QED) is 0.927. The van der Waals surface area contributed by atoms with Crippen LogP contribution in [0.3, 0.4) is 0 Å². The van der Waals surface area contributed by atoms with Gasteiger partial charge in [0.25, 0.3) is 0 Å². The number of aliphatic carboxylic acids is 1. The number of para-hydroxylation sites is 1. The van der Waals surface area contributed by atoms with E-state index in [0.29, 0.717) is 18.7 Å². The highest BCUT2D eigenvalue weighted by molar-refractivity contribution is 5.88. The van der Waals surface area contributed by atoms with Gasteiger partial charge in [0.1, 0.15) is 5.75 Å². The largest absolute Gasteiger partial charge is 0.496 e. The first-order valence-electron chi connectivity index (χ1n) is 7.53. The maximum absolute atomic E-state index is 12.9. The van der Waals surface area contributed by atoms with Crippen LogP contribution in [-0.4, -0.2) is 42.1 Å². The van der Waals surface area contributed by atoms with Gasteiger partial charge >= 0.3 is 5.97 Å². The number of amides is 1. The molecule has 0 saturated carbocycles. The Labute approximate surface area is 130 Å². The Kier molecular flexibility index (Phi) is 4.74. The lowest BCUT2D eigenvalue weighted by Crippen LogP contribution is -2.49. The van der Waals surface area contributed by atoms with Crippen LogP contribution in [-0.2, 0) is 15.0 Å². The highest BCUT2D eigenvalue weighted by atomic mass is 16.5. The molecular formula is C17H23NO4. The first kappa shape index (κ1) is 16.3. The number of carboxylic acid groups (broad SMARTS) is 1. The van der Waals surface area contributed by atoms with Crippen LogP contribution in [0.1, 0.15) is 32.3 Å². The predicted octanol–water partition coefficient (Wildman–Crippen LogP) is 2.30. The van der Waals surface area contributed by atoms with E-state index in [4.69, 9.17) is 4.74 Å². The van der Waals surface area contributed by atoms with Gasteiger partial charge in [0.05, 0.1) is 18.4 Å². The van der Waals surface area contributed by atoms with Gasteiger partial charge in [-0.05, 0) is 32.8 Å². The van der Waals surface area contributed by atoms with Gasteiger partial charge in [-0.25, -0.2) is 0 Å². The summed E-state index contributed by atoms with van der Waals surface area (Å²) >= 11 is 0. The number of likely N-dealkylation sites (tertiary alicyclic amines) is 1. The van der Waals surface area contributed by atoms with Crippen LogP contribution in [0.4, 0.5) is 0 Å². The molecule has 0 radical (unpaired) electrons. The second-order valence-corrected chi connectivity index (χ2v) is 6.25. The summed E-state index contributed by atoms with van der Waals surface area (Å²) in [6.07, 6.45) is 1.36. The zero-order valence-corrected chi connectivity index (χ0v) is 13.3. The fourth-order valence-electron chi connectivity index (χ4n) is 3.03. The number of benzene rings is 1. The molecule has 1 amide bonds. The first-order valence-corrected chi connectivity index (χ1v) is 7.53. The Morgan fingerprint density at radius 2 is 2.00 bits per heavy atom. The van der Waals surface area contributed by atoms with E-state index < -0.39 is 17.3 Å². The normalized spacial score (nSPS) is 18.9. The van der Waals surface area contributed by atoms with E-state index in [2.05, 4.69) is 0 Å². The fraction of sp³-hybridized carbons (Fsp3) is 0.529. The maximum atomic E-state index is 12.9. The van der Waals surface area contributed by atoms with E-state index in [1.54, 1.807) is 12.0 Å². The average Bonchev–Trinajstić information content (AvgIpc) is 2.54. The Hall–Kier alpha value is -2.04. The van der Waals surface area contributed by atoms with E-state index in [1.807, 2.05) is 38.1 Å². The smallest absolute Gasteiger partial charge is 0.308 e. The third kappa shape index (κ3) is 3.08. The van der Waals surface area contributed by atoms with Crippen LogP contribution >= 0.6 is 0 Å². The van der Waals surface area contributed by atoms with Gasteiger partial charge in [-0.2, -0.15) is 0 Å². The molecule has 0 spiro atoms. The summed E-state index contributed by atoms with van der Waals surface area (Å²) < 4.78 is 5.36. The van der Waals surface area contributed by atoms with Crippen LogP contribution < -0.4 is 4.74 Å². The molecule has 5 nitrogen and oxygen atoms in total. The number of carbonyl (C=O) groups is 2. The molecule has 1 atom stereocenters. The summed E-state index contributed by atoms with van der Waals surface area (Å²) in [6.45, 7) is 4.61. The molecule has 1 N–H and O–H groups in total. The number of rotatable bonds is 4. The highest BCUT2D eigenvalue weighted by Gasteiger charge is 2.38. The van der Waals surface area contributed by atoms with Crippen molar-refractivity contribution >= 4 is 11.9 Å². The standard InChI is InChI=1S/C17H23NO4/c1-17(2,13-8-4-5-9-14(13)22-3)16(21)18-10-6-7-12(11-18)15(19)20/h4-5,8-9,12H,6-7,10-11H2,1-3H3,(H,19,20)/t12-/m0/s1. The maximum Gasteiger partial charge on any atom is 0.308 e. The van der Waals surface area contributed by atoms with Crippen molar-refractivity contribution in [1.82, 2.24) is 4.90 Å². The molecule has 1 aliphatic rings. The van der Waals surface area contributed by atoms with E-state index in [9.17, 15) is 14.7 Å². The number of carboxylic acids is 1. The van der Waals surface area contributed by atoms with Crippen LogP contribution in [0.2, 0.25) is 0 Å². The molecule has 0 aliphatic carbocycles. The fourth-order valence-corrected chi connectivity index (χ4v) is 3.03. The second kappa shape index (κ2) is 6.38. The van der Waals surface area contributed by atoms with Gasteiger partial charge in [0.2, 0.25) is 5.91 Å². The molecule has 120 valence electrons. The number of hydrogen-bond donors (Lipinski definition) is 1. The van der Waals surface area contributed by atoms with Crippen molar-refractivity contribution in [3.63, 3.8) is 0 Å². The average molecular weight is 305 g/mol. The SMILES string of the molecule is COc1ccccc1C(C)(C)C(=O)N1CCC[C@H](C(=O)O)C1. The summed E-state index contributed by atoms with van der Waals surface area (Å²) in [5, 5.41) is 9.18. The number of nitrogens with zero attached hydrogens (tertiary/aromatic N) is 1. The third-order valence-corrected chi connectivity index (χ3v) is 4.37. The molecule has 1 aromatic rings. The number of piperidine rings is 1. The molecule has 1 heterocycles. The lowest BCUT2D eigenvalue weighted by molar-refractivity contribution is -0.147. The van der Waals surface area contributed by atoms with Gasteiger partial charge in [-0.3, -0.25) is 9.59 Å². The molecule has 5 heteroatoms. The van der Waals surface area contributed by atoms with Crippen molar-refractivity contribution < 1.29 is 19.4 Å². The van der Waals surface area contributed by atoms with E-state index in [-0.39, 0.29) is 12.5 Å². The summed E-state index contributed by atoms with van der Waals surface area (Å²) in [4.78, 5) is 25.8. The molecule has 1 saturated heterocycles.